The van der Waals surface area contributed by atoms with Crippen LogP contribution in [0.5, 0.6) is 0 Å². The number of nitrogens with one attached hydrogen (secondary N) is 2. The number of anilines is 1. The van der Waals surface area contributed by atoms with E-state index in [2.05, 4.69) is 10.6 Å². The maximum absolute atomic E-state index is 12.4. The maximum atomic E-state index is 12.4. The minimum Gasteiger partial charge on any atom is -0.349 e. The zero-order chi connectivity index (χ0) is 18.0. The lowest BCUT2D eigenvalue weighted by molar-refractivity contribution is 0.0950. The number of carbonyl (C=O) groups is 2. The fraction of sp³-hybridized carbons (Fsp3) is 0.222. The van der Waals surface area contributed by atoms with E-state index in [1.54, 1.807) is 36.4 Å². The summed E-state index contributed by atoms with van der Waals surface area (Å²) >= 11 is 0. The largest absolute Gasteiger partial charge is 0.349 e. The second kappa shape index (κ2) is 6.68. The summed E-state index contributed by atoms with van der Waals surface area (Å²) in [6, 6.07) is 12.8. The zero-order valence-electron chi connectivity index (χ0n) is 13.7. The summed E-state index contributed by atoms with van der Waals surface area (Å²) in [6.07, 6.45) is 3.09. The molecule has 2 N–H and O–H groups in total. The Morgan fingerprint density at radius 2 is 1.60 bits per heavy atom. The number of carbonyl (C=O) groups excluding carboxylic acids is 2. The van der Waals surface area contributed by atoms with Crippen molar-refractivity contribution >= 4 is 27.3 Å². The van der Waals surface area contributed by atoms with Gasteiger partial charge in [0.2, 0.25) is 0 Å². The first-order valence-electron chi connectivity index (χ1n) is 7.86. The van der Waals surface area contributed by atoms with E-state index in [1.807, 2.05) is 0 Å². The molecule has 6 nitrogen and oxygen atoms in total. The lowest BCUT2D eigenvalue weighted by atomic mass is 10.1. The van der Waals surface area contributed by atoms with Crippen LogP contribution in [0.3, 0.4) is 0 Å². The topological polar surface area (TPSA) is 92.3 Å². The van der Waals surface area contributed by atoms with Crippen molar-refractivity contribution in [2.45, 2.75) is 23.8 Å². The molecule has 7 heteroatoms. The first-order chi connectivity index (χ1) is 11.8. The molecule has 1 fully saturated rings. The minimum atomic E-state index is -3.51. The van der Waals surface area contributed by atoms with Gasteiger partial charge in [0, 0.05) is 23.5 Å². The highest BCUT2D eigenvalue weighted by atomic mass is 32.2. The highest BCUT2D eigenvalue weighted by Crippen LogP contribution is 2.20. The Balaban J connectivity index is 1.74. The molecule has 0 aliphatic heterocycles. The first-order valence-corrected chi connectivity index (χ1v) is 9.75. The highest BCUT2D eigenvalue weighted by Gasteiger charge is 2.23. The van der Waals surface area contributed by atoms with Gasteiger partial charge in [-0.05, 0) is 49.2 Å². The van der Waals surface area contributed by atoms with E-state index < -0.39 is 15.7 Å². The van der Waals surface area contributed by atoms with Crippen molar-refractivity contribution < 1.29 is 18.0 Å². The van der Waals surface area contributed by atoms with Crippen LogP contribution in [0.2, 0.25) is 0 Å². The van der Waals surface area contributed by atoms with Crippen LogP contribution in [-0.4, -0.2) is 32.5 Å². The molecule has 2 aromatic carbocycles. The number of sulfone groups is 1. The molecule has 0 spiro atoms. The first kappa shape index (κ1) is 17.2. The monoisotopic (exact) mass is 358 g/mol. The molecular weight excluding hydrogens is 340 g/mol. The third kappa shape index (κ3) is 4.24. The van der Waals surface area contributed by atoms with Gasteiger partial charge in [-0.1, -0.05) is 12.1 Å². The van der Waals surface area contributed by atoms with Crippen LogP contribution >= 0.6 is 0 Å². The molecule has 0 heterocycles. The van der Waals surface area contributed by atoms with Crippen LogP contribution in [0.15, 0.2) is 53.4 Å². The number of rotatable bonds is 5. The van der Waals surface area contributed by atoms with Crippen LogP contribution in [0.25, 0.3) is 0 Å². The fourth-order valence-electron chi connectivity index (χ4n) is 2.38. The van der Waals surface area contributed by atoms with Crippen molar-refractivity contribution in [3.8, 4) is 0 Å². The van der Waals surface area contributed by atoms with Gasteiger partial charge in [0.25, 0.3) is 11.8 Å². The number of amides is 2. The van der Waals surface area contributed by atoms with Crippen LogP contribution in [0.4, 0.5) is 5.69 Å². The molecule has 0 saturated heterocycles. The standard InChI is InChI=1S/C18H18N2O4S/c1-25(23,24)16-5-3-2-4-15(16)18(22)20-13-8-6-12(7-9-13)17(21)19-14-10-11-14/h2-9,14H,10-11H2,1H3,(H,19,21)(H,20,22). The Kier molecular flexibility index (Phi) is 4.59. The Hall–Kier alpha value is -2.67. The fourth-order valence-corrected chi connectivity index (χ4v) is 3.26. The van der Waals surface area contributed by atoms with Crippen molar-refractivity contribution in [1.82, 2.24) is 5.32 Å². The molecule has 0 aromatic heterocycles. The molecule has 1 aliphatic carbocycles. The lowest BCUT2D eigenvalue weighted by Gasteiger charge is -2.09. The summed E-state index contributed by atoms with van der Waals surface area (Å²) in [5, 5.41) is 5.54. The zero-order valence-corrected chi connectivity index (χ0v) is 14.5. The van der Waals surface area contributed by atoms with Crippen LogP contribution in [0.1, 0.15) is 33.6 Å². The summed E-state index contributed by atoms with van der Waals surface area (Å²) in [7, 11) is -3.51. The van der Waals surface area contributed by atoms with E-state index in [9.17, 15) is 18.0 Å². The molecule has 0 radical (unpaired) electrons. The Morgan fingerprint density at radius 1 is 0.960 bits per heavy atom. The SMILES string of the molecule is CS(=O)(=O)c1ccccc1C(=O)Nc1ccc(C(=O)NC2CC2)cc1. The van der Waals surface area contributed by atoms with Crippen molar-refractivity contribution in [2.75, 3.05) is 11.6 Å². The van der Waals surface area contributed by atoms with Crippen molar-refractivity contribution in [3.05, 3.63) is 59.7 Å². The molecule has 130 valence electrons. The molecule has 1 aliphatic rings. The molecular formula is C18H18N2O4S. The quantitative estimate of drug-likeness (QED) is 0.857. The summed E-state index contributed by atoms with van der Waals surface area (Å²) in [6.45, 7) is 0. The Labute approximate surface area is 146 Å². The summed E-state index contributed by atoms with van der Waals surface area (Å²) in [5.74, 6) is -0.654. The van der Waals surface area contributed by atoms with E-state index in [0.717, 1.165) is 19.1 Å². The van der Waals surface area contributed by atoms with Crippen LogP contribution in [0, 0.1) is 0 Å². The van der Waals surface area contributed by atoms with E-state index in [4.69, 9.17) is 0 Å². The summed E-state index contributed by atoms with van der Waals surface area (Å²) in [5.41, 5.74) is 1.08. The molecule has 25 heavy (non-hydrogen) atoms. The molecule has 3 rings (SSSR count). The molecule has 0 bridgehead atoms. The van der Waals surface area contributed by atoms with Gasteiger partial charge in [0.05, 0.1) is 10.5 Å². The predicted octanol–water partition coefficient (Wildman–Crippen LogP) is 2.23. The predicted molar refractivity (Wildman–Crippen MR) is 94.4 cm³/mol. The van der Waals surface area contributed by atoms with Gasteiger partial charge in [-0.3, -0.25) is 9.59 Å². The molecule has 2 aromatic rings. The number of benzene rings is 2. The van der Waals surface area contributed by atoms with Gasteiger partial charge in [0.1, 0.15) is 0 Å². The maximum Gasteiger partial charge on any atom is 0.256 e. The second-order valence-electron chi connectivity index (χ2n) is 6.05. The van der Waals surface area contributed by atoms with E-state index in [0.29, 0.717) is 11.3 Å². The van der Waals surface area contributed by atoms with Gasteiger partial charge in [0.15, 0.2) is 9.84 Å². The van der Waals surface area contributed by atoms with Gasteiger partial charge in [-0.15, -0.1) is 0 Å². The van der Waals surface area contributed by atoms with Crippen molar-refractivity contribution in [2.24, 2.45) is 0 Å². The molecule has 0 unspecified atom stereocenters. The van der Waals surface area contributed by atoms with Gasteiger partial charge < -0.3 is 10.6 Å². The average Bonchev–Trinajstić information content (AvgIpc) is 3.38. The van der Waals surface area contributed by atoms with Gasteiger partial charge in [-0.25, -0.2) is 8.42 Å². The van der Waals surface area contributed by atoms with Crippen LogP contribution in [-0.2, 0) is 9.84 Å². The van der Waals surface area contributed by atoms with Gasteiger partial charge >= 0.3 is 0 Å². The molecule has 2 amide bonds. The number of hydrogen-bond acceptors (Lipinski definition) is 4. The third-order valence-corrected chi connectivity index (χ3v) is 5.00. The summed E-state index contributed by atoms with van der Waals surface area (Å²) in [4.78, 5) is 24.3. The lowest BCUT2D eigenvalue weighted by Crippen LogP contribution is -2.25. The van der Waals surface area contributed by atoms with Crippen molar-refractivity contribution in [1.29, 1.82) is 0 Å². The molecule has 0 atom stereocenters. The second-order valence-corrected chi connectivity index (χ2v) is 8.03. The smallest absolute Gasteiger partial charge is 0.256 e. The van der Waals surface area contributed by atoms with E-state index in [-0.39, 0.29) is 22.4 Å². The van der Waals surface area contributed by atoms with E-state index >= 15 is 0 Å². The summed E-state index contributed by atoms with van der Waals surface area (Å²) < 4.78 is 23.6. The van der Waals surface area contributed by atoms with Gasteiger partial charge in [-0.2, -0.15) is 0 Å². The van der Waals surface area contributed by atoms with E-state index in [1.165, 1.54) is 12.1 Å². The Morgan fingerprint density at radius 3 is 2.20 bits per heavy atom. The number of hydrogen-bond donors (Lipinski definition) is 2. The Bertz CT molecular complexity index is 916. The van der Waals surface area contributed by atoms with Crippen molar-refractivity contribution in [3.63, 3.8) is 0 Å². The minimum absolute atomic E-state index is 0.0204. The molecule has 1 saturated carbocycles. The van der Waals surface area contributed by atoms with Crippen LogP contribution < -0.4 is 10.6 Å². The highest BCUT2D eigenvalue weighted by molar-refractivity contribution is 7.90. The normalized spacial score (nSPS) is 14.0. The average molecular weight is 358 g/mol. The third-order valence-electron chi connectivity index (χ3n) is 3.85.